The lowest BCUT2D eigenvalue weighted by Crippen LogP contribution is -2.33. The van der Waals surface area contributed by atoms with Gasteiger partial charge >= 0.3 is 6.36 Å². The maximum absolute atomic E-state index is 12.4. The van der Waals surface area contributed by atoms with E-state index in [4.69, 9.17) is 9.47 Å². The summed E-state index contributed by atoms with van der Waals surface area (Å²) < 4.78 is 78.3. The number of alkyl halides is 3. The first-order valence-corrected chi connectivity index (χ1v) is 11.4. The van der Waals surface area contributed by atoms with Crippen molar-refractivity contribution in [1.29, 1.82) is 0 Å². The molecule has 0 spiro atoms. The molecule has 0 unspecified atom stereocenters. The monoisotopic (exact) mass is 474 g/mol. The number of ether oxygens (including phenoxy) is 3. The predicted molar refractivity (Wildman–Crippen MR) is 111 cm³/mol. The normalized spacial score (nSPS) is 14.7. The minimum atomic E-state index is -4.83. The first kappa shape index (κ1) is 24.1. The van der Waals surface area contributed by atoms with Gasteiger partial charge in [-0.15, -0.1) is 13.2 Å². The van der Waals surface area contributed by atoms with Gasteiger partial charge in [0.1, 0.15) is 5.75 Å². The van der Waals surface area contributed by atoms with E-state index in [2.05, 4.69) is 14.4 Å². The van der Waals surface area contributed by atoms with Crippen LogP contribution in [0.1, 0.15) is 17.5 Å². The van der Waals surface area contributed by atoms with Crippen LogP contribution < -0.4 is 18.9 Å². The fourth-order valence-corrected chi connectivity index (χ4v) is 4.62. The van der Waals surface area contributed by atoms with Crippen molar-refractivity contribution in [2.75, 3.05) is 33.9 Å². The van der Waals surface area contributed by atoms with Gasteiger partial charge in [0.25, 0.3) is 0 Å². The number of methoxy groups -OCH3 is 2. The second-order valence-electron chi connectivity index (χ2n) is 7.27. The Morgan fingerprint density at radius 2 is 1.66 bits per heavy atom. The Labute approximate surface area is 185 Å². The van der Waals surface area contributed by atoms with E-state index in [1.165, 1.54) is 5.56 Å². The number of fused-ring (bicyclic) bond motifs is 1. The largest absolute Gasteiger partial charge is 0.573 e. The molecule has 1 heterocycles. The van der Waals surface area contributed by atoms with Crippen LogP contribution in [0.3, 0.4) is 0 Å². The molecule has 2 aromatic rings. The maximum Gasteiger partial charge on any atom is 0.573 e. The van der Waals surface area contributed by atoms with Gasteiger partial charge in [-0.25, -0.2) is 13.1 Å². The molecule has 176 valence electrons. The van der Waals surface area contributed by atoms with Crippen molar-refractivity contribution in [3.63, 3.8) is 0 Å². The highest BCUT2D eigenvalue weighted by molar-refractivity contribution is 7.89. The Balaban J connectivity index is 1.50. The summed E-state index contributed by atoms with van der Waals surface area (Å²) in [6.45, 7) is 2.46. The first-order valence-electron chi connectivity index (χ1n) is 9.93. The Hall–Kier alpha value is -2.50. The standard InChI is InChI=1S/C21H25F3N2O5S/c1-29-19-12-15-8-11-26(14-16(15)13-20(19)30-2)10-3-9-25-32(27,28)18-6-4-17(5-7-18)31-21(22,23)24/h4-7,12-13,25H,3,8-11,14H2,1-2H3. The van der Waals surface area contributed by atoms with Gasteiger partial charge < -0.3 is 14.2 Å². The molecule has 0 radical (unpaired) electrons. The van der Waals surface area contributed by atoms with E-state index in [-0.39, 0.29) is 11.4 Å². The van der Waals surface area contributed by atoms with Crippen LogP contribution in [0.2, 0.25) is 0 Å². The summed E-state index contributed by atoms with van der Waals surface area (Å²) in [6, 6.07) is 8.05. The lowest BCUT2D eigenvalue weighted by atomic mass is 9.98. The number of halogens is 3. The molecule has 1 aliphatic rings. The van der Waals surface area contributed by atoms with Crippen molar-refractivity contribution < 1.29 is 35.8 Å². The molecule has 7 nitrogen and oxygen atoms in total. The summed E-state index contributed by atoms with van der Waals surface area (Å²) >= 11 is 0. The number of sulfonamides is 1. The van der Waals surface area contributed by atoms with Gasteiger partial charge in [0.15, 0.2) is 11.5 Å². The minimum absolute atomic E-state index is 0.125. The van der Waals surface area contributed by atoms with Crippen LogP contribution in [0.5, 0.6) is 17.2 Å². The molecule has 0 saturated carbocycles. The topological polar surface area (TPSA) is 77.1 Å². The molecule has 1 N–H and O–H groups in total. The van der Waals surface area contributed by atoms with Gasteiger partial charge in [-0.2, -0.15) is 0 Å². The fourth-order valence-electron chi connectivity index (χ4n) is 3.55. The van der Waals surface area contributed by atoms with Crippen molar-refractivity contribution in [3.8, 4) is 17.2 Å². The quantitative estimate of drug-likeness (QED) is 0.562. The first-order chi connectivity index (χ1) is 15.1. The zero-order valence-corrected chi connectivity index (χ0v) is 18.6. The number of nitrogens with zero attached hydrogens (tertiary/aromatic N) is 1. The van der Waals surface area contributed by atoms with Crippen LogP contribution in [0, 0.1) is 0 Å². The van der Waals surface area contributed by atoms with E-state index >= 15 is 0 Å². The molecular weight excluding hydrogens is 449 g/mol. The average molecular weight is 475 g/mol. The van der Waals surface area contributed by atoms with Crippen molar-refractivity contribution in [2.45, 2.75) is 30.6 Å². The number of rotatable bonds is 9. The zero-order chi connectivity index (χ0) is 23.4. The summed E-state index contributed by atoms with van der Waals surface area (Å²) in [6.07, 6.45) is -3.39. The molecule has 2 aromatic carbocycles. The van der Waals surface area contributed by atoms with Gasteiger partial charge in [0.05, 0.1) is 19.1 Å². The highest BCUT2D eigenvalue weighted by atomic mass is 32.2. The van der Waals surface area contributed by atoms with Crippen LogP contribution in [0.25, 0.3) is 0 Å². The molecule has 0 atom stereocenters. The molecule has 3 rings (SSSR count). The van der Waals surface area contributed by atoms with Crippen molar-refractivity contribution in [1.82, 2.24) is 9.62 Å². The third-order valence-electron chi connectivity index (χ3n) is 5.11. The van der Waals surface area contributed by atoms with E-state index < -0.39 is 22.1 Å². The van der Waals surface area contributed by atoms with Crippen LogP contribution >= 0.6 is 0 Å². The summed E-state index contributed by atoms with van der Waals surface area (Å²) in [5, 5.41) is 0. The van der Waals surface area contributed by atoms with Crippen LogP contribution in [0.15, 0.2) is 41.3 Å². The average Bonchev–Trinajstić information content (AvgIpc) is 2.75. The summed E-state index contributed by atoms with van der Waals surface area (Å²) in [5.41, 5.74) is 2.35. The van der Waals surface area contributed by atoms with Gasteiger partial charge in [-0.1, -0.05) is 0 Å². The Kier molecular flexibility index (Phi) is 7.52. The predicted octanol–water partition coefficient (Wildman–Crippen LogP) is 3.33. The number of nitrogens with one attached hydrogen (secondary N) is 1. The minimum Gasteiger partial charge on any atom is -0.493 e. The SMILES string of the molecule is COc1cc2c(cc1OC)CN(CCCNS(=O)(=O)c1ccc(OC(F)(F)F)cc1)CC2. The fraction of sp³-hybridized carbons (Fsp3) is 0.429. The van der Waals surface area contributed by atoms with Crippen LogP contribution in [0.4, 0.5) is 13.2 Å². The summed E-state index contributed by atoms with van der Waals surface area (Å²) in [5.74, 6) is 0.899. The van der Waals surface area contributed by atoms with Crippen LogP contribution in [-0.4, -0.2) is 53.5 Å². The van der Waals surface area contributed by atoms with E-state index in [0.717, 1.165) is 49.3 Å². The van der Waals surface area contributed by atoms with Crippen molar-refractivity contribution in [2.24, 2.45) is 0 Å². The zero-order valence-electron chi connectivity index (χ0n) is 17.7. The van der Waals surface area contributed by atoms with Gasteiger partial charge in [0.2, 0.25) is 10.0 Å². The molecule has 11 heteroatoms. The molecule has 32 heavy (non-hydrogen) atoms. The molecule has 0 amide bonds. The summed E-state index contributed by atoms with van der Waals surface area (Å²) in [7, 11) is -0.631. The number of hydrogen-bond acceptors (Lipinski definition) is 6. The summed E-state index contributed by atoms with van der Waals surface area (Å²) in [4.78, 5) is 2.10. The van der Waals surface area contributed by atoms with E-state index in [1.807, 2.05) is 12.1 Å². The van der Waals surface area contributed by atoms with E-state index in [0.29, 0.717) is 24.5 Å². The Morgan fingerprint density at radius 3 is 2.25 bits per heavy atom. The third-order valence-corrected chi connectivity index (χ3v) is 6.58. The van der Waals surface area contributed by atoms with Gasteiger partial charge in [-0.05, 0) is 66.9 Å². The highest BCUT2D eigenvalue weighted by Gasteiger charge is 2.31. The Bertz CT molecular complexity index is 1030. The highest BCUT2D eigenvalue weighted by Crippen LogP contribution is 2.33. The molecule has 0 fully saturated rings. The number of benzene rings is 2. The molecule has 0 aliphatic carbocycles. The molecule has 1 aliphatic heterocycles. The smallest absolute Gasteiger partial charge is 0.493 e. The van der Waals surface area contributed by atoms with Gasteiger partial charge in [0, 0.05) is 19.6 Å². The van der Waals surface area contributed by atoms with Crippen molar-refractivity contribution >= 4 is 10.0 Å². The van der Waals surface area contributed by atoms with Crippen LogP contribution in [-0.2, 0) is 23.0 Å². The third kappa shape index (κ3) is 6.27. The van der Waals surface area contributed by atoms with E-state index in [1.54, 1.807) is 14.2 Å². The van der Waals surface area contributed by atoms with E-state index in [9.17, 15) is 21.6 Å². The lowest BCUT2D eigenvalue weighted by molar-refractivity contribution is -0.274. The maximum atomic E-state index is 12.4. The van der Waals surface area contributed by atoms with Crippen molar-refractivity contribution in [3.05, 3.63) is 47.5 Å². The molecule has 0 bridgehead atoms. The number of hydrogen-bond donors (Lipinski definition) is 1. The molecule has 0 aromatic heterocycles. The second-order valence-corrected chi connectivity index (χ2v) is 9.04. The second kappa shape index (κ2) is 9.97. The molecule has 0 saturated heterocycles. The molecular formula is C21H25F3N2O5S. The van der Waals surface area contributed by atoms with Gasteiger partial charge in [-0.3, -0.25) is 4.90 Å². The lowest BCUT2D eigenvalue weighted by Gasteiger charge is -2.29. The Morgan fingerprint density at radius 1 is 1.03 bits per heavy atom.